The average molecular weight is 309 g/mol. The smallest absolute Gasteiger partial charge is 0.304 e. The van der Waals surface area contributed by atoms with Crippen LogP contribution >= 0.6 is 11.8 Å². The lowest BCUT2D eigenvalue weighted by atomic mass is 10.2. The number of carboxylic acids is 1. The van der Waals surface area contributed by atoms with Crippen LogP contribution in [0.1, 0.15) is 19.8 Å². The van der Waals surface area contributed by atoms with Crippen LogP contribution in [0, 0.1) is 0 Å². The van der Waals surface area contributed by atoms with Crippen LogP contribution in [0.4, 0.5) is 0 Å². The average Bonchev–Trinajstić information content (AvgIpc) is 2.64. The van der Waals surface area contributed by atoms with Gasteiger partial charge in [0.15, 0.2) is 9.84 Å². The summed E-state index contributed by atoms with van der Waals surface area (Å²) in [6.07, 6.45) is 0.499. The molecule has 1 fully saturated rings. The van der Waals surface area contributed by atoms with E-state index in [1.807, 2.05) is 0 Å². The topological polar surface area (TPSA) is 91.8 Å². The van der Waals surface area contributed by atoms with Gasteiger partial charge in [0.1, 0.15) is 0 Å². The standard InChI is InChI=1S/C11H19NO5S2/c1-8(5-11(14)15)18-6-10(13)12(2)9-3-4-19(16,17)7-9/h8-9H,3-7H2,1-2H3,(H,14,15). The monoisotopic (exact) mass is 309 g/mol. The maximum absolute atomic E-state index is 11.9. The molecule has 0 aliphatic carbocycles. The Morgan fingerprint density at radius 1 is 1.47 bits per heavy atom. The van der Waals surface area contributed by atoms with Crippen LogP contribution in [0.25, 0.3) is 0 Å². The molecule has 1 aliphatic rings. The minimum Gasteiger partial charge on any atom is -0.481 e. The molecule has 8 heteroatoms. The molecule has 2 unspecified atom stereocenters. The summed E-state index contributed by atoms with van der Waals surface area (Å²) in [7, 11) is -1.39. The van der Waals surface area contributed by atoms with Crippen molar-refractivity contribution in [3.63, 3.8) is 0 Å². The summed E-state index contributed by atoms with van der Waals surface area (Å²) in [6, 6.07) is -0.243. The molecule has 0 spiro atoms. The first-order valence-corrected chi connectivity index (χ1v) is 8.88. The highest BCUT2D eigenvalue weighted by Gasteiger charge is 2.32. The van der Waals surface area contributed by atoms with Crippen LogP contribution < -0.4 is 0 Å². The van der Waals surface area contributed by atoms with Crippen LogP contribution in [-0.4, -0.2) is 65.9 Å². The molecule has 0 aromatic heterocycles. The number of amides is 1. The largest absolute Gasteiger partial charge is 0.481 e. The number of rotatable bonds is 6. The van der Waals surface area contributed by atoms with E-state index in [4.69, 9.17) is 5.11 Å². The van der Waals surface area contributed by atoms with E-state index in [2.05, 4.69) is 0 Å². The zero-order valence-corrected chi connectivity index (χ0v) is 12.7. The molecule has 2 atom stereocenters. The van der Waals surface area contributed by atoms with Gasteiger partial charge in [-0.15, -0.1) is 11.8 Å². The van der Waals surface area contributed by atoms with Crippen molar-refractivity contribution in [2.45, 2.75) is 31.1 Å². The van der Waals surface area contributed by atoms with E-state index in [1.54, 1.807) is 14.0 Å². The van der Waals surface area contributed by atoms with Gasteiger partial charge in [-0.2, -0.15) is 0 Å². The number of carbonyl (C=O) groups is 2. The predicted molar refractivity (Wildman–Crippen MR) is 74.0 cm³/mol. The van der Waals surface area contributed by atoms with E-state index in [-0.39, 0.29) is 40.9 Å². The second-order valence-corrected chi connectivity index (χ2v) is 8.44. The lowest BCUT2D eigenvalue weighted by Gasteiger charge is -2.23. The van der Waals surface area contributed by atoms with E-state index < -0.39 is 15.8 Å². The zero-order chi connectivity index (χ0) is 14.6. The molecule has 1 heterocycles. The normalized spacial score (nSPS) is 22.9. The summed E-state index contributed by atoms with van der Waals surface area (Å²) in [5, 5.41) is 8.48. The maximum Gasteiger partial charge on any atom is 0.304 e. The van der Waals surface area contributed by atoms with Crippen molar-refractivity contribution in [2.75, 3.05) is 24.3 Å². The molecule has 0 aromatic carbocycles. The quantitative estimate of drug-likeness (QED) is 0.755. The third kappa shape index (κ3) is 5.40. The number of hydrogen-bond donors (Lipinski definition) is 1. The minimum atomic E-state index is -3.00. The summed E-state index contributed by atoms with van der Waals surface area (Å²) >= 11 is 1.28. The molecule has 1 aliphatic heterocycles. The molecule has 1 N–H and O–H groups in total. The molecule has 1 saturated heterocycles. The molecule has 0 bridgehead atoms. The van der Waals surface area contributed by atoms with Gasteiger partial charge >= 0.3 is 5.97 Å². The Bertz CT molecular complexity index is 448. The Labute approximate surface area is 117 Å². The number of sulfone groups is 1. The van der Waals surface area contributed by atoms with Crippen molar-refractivity contribution in [3.05, 3.63) is 0 Å². The molecule has 19 heavy (non-hydrogen) atoms. The van der Waals surface area contributed by atoms with Crippen molar-refractivity contribution < 1.29 is 23.1 Å². The second-order valence-electron chi connectivity index (χ2n) is 4.78. The van der Waals surface area contributed by atoms with Gasteiger partial charge in [-0.1, -0.05) is 6.92 Å². The summed E-state index contributed by atoms with van der Waals surface area (Å²) in [5.74, 6) is -0.684. The molecule has 1 rings (SSSR count). The molecule has 6 nitrogen and oxygen atoms in total. The first kappa shape index (κ1) is 16.3. The van der Waals surface area contributed by atoms with E-state index in [1.165, 1.54) is 16.7 Å². The van der Waals surface area contributed by atoms with Crippen LogP contribution in [-0.2, 0) is 19.4 Å². The highest BCUT2D eigenvalue weighted by atomic mass is 32.2. The Kier molecular flexibility index (Phi) is 5.66. The van der Waals surface area contributed by atoms with Crippen LogP contribution in [0.15, 0.2) is 0 Å². The fourth-order valence-corrected chi connectivity index (χ4v) is 4.57. The Hall–Kier alpha value is -0.760. The number of carboxylic acid groups (broad SMARTS) is 1. The van der Waals surface area contributed by atoms with Crippen LogP contribution in [0.2, 0.25) is 0 Å². The molecule has 1 amide bonds. The molecule has 0 saturated carbocycles. The van der Waals surface area contributed by atoms with Crippen molar-refractivity contribution in [1.29, 1.82) is 0 Å². The SMILES string of the molecule is CC(CC(=O)O)SCC(=O)N(C)C1CCS(=O)(=O)C1. The number of carbonyl (C=O) groups excluding carboxylic acids is 1. The number of hydrogen-bond acceptors (Lipinski definition) is 5. The first-order valence-electron chi connectivity index (χ1n) is 6.01. The van der Waals surface area contributed by atoms with E-state index in [0.29, 0.717) is 6.42 Å². The highest BCUT2D eigenvalue weighted by molar-refractivity contribution is 8.00. The maximum atomic E-state index is 11.9. The highest BCUT2D eigenvalue weighted by Crippen LogP contribution is 2.19. The van der Waals surface area contributed by atoms with Crippen molar-refractivity contribution >= 4 is 33.5 Å². The van der Waals surface area contributed by atoms with Crippen molar-refractivity contribution in [3.8, 4) is 0 Å². The van der Waals surface area contributed by atoms with Crippen molar-refractivity contribution in [1.82, 2.24) is 4.90 Å². The fraction of sp³-hybridized carbons (Fsp3) is 0.818. The van der Waals surface area contributed by atoms with Crippen LogP contribution in [0.5, 0.6) is 0 Å². The summed E-state index contributed by atoms with van der Waals surface area (Å²) < 4.78 is 22.7. The zero-order valence-electron chi connectivity index (χ0n) is 11.0. The van der Waals surface area contributed by atoms with Gasteiger partial charge in [-0.3, -0.25) is 9.59 Å². The summed E-state index contributed by atoms with van der Waals surface area (Å²) in [4.78, 5) is 23.9. The number of aliphatic carboxylic acids is 1. The van der Waals surface area contributed by atoms with E-state index >= 15 is 0 Å². The second kappa shape index (κ2) is 6.60. The van der Waals surface area contributed by atoms with Crippen LogP contribution in [0.3, 0.4) is 0 Å². The molecule has 0 aromatic rings. The Morgan fingerprint density at radius 3 is 2.58 bits per heavy atom. The van der Waals surface area contributed by atoms with E-state index in [9.17, 15) is 18.0 Å². The summed E-state index contributed by atoms with van der Waals surface area (Å²) in [5.41, 5.74) is 0. The molecule has 110 valence electrons. The van der Waals surface area contributed by atoms with Gasteiger partial charge in [0.2, 0.25) is 5.91 Å². The third-order valence-electron chi connectivity index (χ3n) is 3.10. The van der Waals surface area contributed by atoms with Gasteiger partial charge in [0, 0.05) is 18.3 Å². The van der Waals surface area contributed by atoms with Gasteiger partial charge in [-0.05, 0) is 6.42 Å². The molecule has 0 radical (unpaired) electrons. The molecular formula is C11H19NO5S2. The number of nitrogens with zero attached hydrogens (tertiary/aromatic N) is 1. The van der Waals surface area contributed by atoms with Crippen molar-refractivity contribution in [2.24, 2.45) is 0 Å². The summed E-state index contributed by atoms with van der Waals surface area (Å²) in [6.45, 7) is 1.76. The Balaban J connectivity index is 2.39. The Morgan fingerprint density at radius 2 is 2.11 bits per heavy atom. The minimum absolute atomic E-state index is 0.0134. The van der Waals surface area contributed by atoms with E-state index in [0.717, 1.165) is 0 Å². The van der Waals surface area contributed by atoms with Gasteiger partial charge < -0.3 is 10.0 Å². The fourth-order valence-electron chi connectivity index (χ4n) is 1.90. The van der Waals surface area contributed by atoms with Gasteiger partial charge in [0.25, 0.3) is 0 Å². The lowest BCUT2D eigenvalue weighted by molar-refractivity contribution is -0.137. The predicted octanol–water partition coefficient (Wildman–Crippen LogP) is 0.228. The first-order chi connectivity index (χ1) is 8.71. The van der Waals surface area contributed by atoms with Gasteiger partial charge in [0.05, 0.1) is 23.7 Å². The third-order valence-corrected chi connectivity index (χ3v) is 6.00. The lowest BCUT2D eigenvalue weighted by Crippen LogP contribution is -2.39. The number of thioether (sulfide) groups is 1. The molecular weight excluding hydrogens is 290 g/mol. The van der Waals surface area contributed by atoms with Gasteiger partial charge in [-0.25, -0.2) is 8.42 Å².